The highest BCUT2D eigenvalue weighted by Crippen LogP contribution is 2.29. The van der Waals surface area contributed by atoms with Crippen LogP contribution in [-0.4, -0.2) is 47.0 Å². The highest BCUT2D eigenvalue weighted by molar-refractivity contribution is 5.82. The number of hydrogen-bond acceptors (Lipinski definition) is 5. The average Bonchev–Trinajstić information content (AvgIpc) is 2.46. The topological polar surface area (TPSA) is 104 Å². The number of H-pyrrole nitrogens is 1. The Morgan fingerprint density at radius 3 is 3.05 bits per heavy atom. The highest BCUT2D eigenvalue weighted by Gasteiger charge is 2.36. The minimum atomic E-state index is -0.342. The second-order valence-corrected chi connectivity index (χ2v) is 6.16. The number of rotatable bonds is 5. The normalized spacial score (nSPS) is 22.5. The minimum absolute atomic E-state index is 0.0666. The number of hydrogen-bond donors (Lipinski definition) is 3. The lowest BCUT2D eigenvalue weighted by atomic mass is 9.81. The zero-order valence-corrected chi connectivity index (χ0v) is 13.3. The van der Waals surface area contributed by atoms with Crippen LogP contribution in [0.15, 0.2) is 10.9 Å². The molecule has 1 amide bonds. The van der Waals surface area contributed by atoms with Crippen molar-refractivity contribution in [2.45, 2.75) is 33.1 Å². The Hall–Kier alpha value is -1.89. The number of anilines is 1. The summed E-state index contributed by atoms with van der Waals surface area (Å²) < 4.78 is 0. The van der Waals surface area contributed by atoms with Crippen molar-refractivity contribution in [2.75, 3.05) is 31.9 Å². The summed E-state index contributed by atoms with van der Waals surface area (Å²) in [6.45, 7) is 7.40. The monoisotopic (exact) mass is 307 g/mol. The molecule has 122 valence electrons. The number of amides is 1. The maximum atomic E-state index is 12.5. The average molecular weight is 307 g/mol. The van der Waals surface area contributed by atoms with Gasteiger partial charge in [0.15, 0.2) is 0 Å². The van der Waals surface area contributed by atoms with E-state index in [9.17, 15) is 9.59 Å². The van der Waals surface area contributed by atoms with Gasteiger partial charge in [-0.1, -0.05) is 6.92 Å². The summed E-state index contributed by atoms with van der Waals surface area (Å²) in [4.78, 5) is 32.7. The van der Waals surface area contributed by atoms with E-state index in [0.717, 1.165) is 32.5 Å². The first-order chi connectivity index (χ1) is 10.4. The van der Waals surface area contributed by atoms with Crippen molar-refractivity contribution in [1.82, 2.24) is 20.2 Å². The second kappa shape index (κ2) is 6.91. The quantitative estimate of drug-likeness (QED) is 0.717. The molecule has 7 nitrogen and oxygen atoms in total. The molecule has 1 atom stereocenters. The number of nitrogen functional groups attached to an aromatic ring is 1. The van der Waals surface area contributed by atoms with E-state index in [-0.39, 0.29) is 22.7 Å². The Balaban J connectivity index is 1.88. The van der Waals surface area contributed by atoms with Crippen molar-refractivity contribution in [3.63, 3.8) is 0 Å². The van der Waals surface area contributed by atoms with Crippen LogP contribution in [-0.2, 0) is 11.2 Å². The van der Waals surface area contributed by atoms with Gasteiger partial charge in [-0.2, -0.15) is 0 Å². The van der Waals surface area contributed by atoms with Crippen LogP contribution >= 0.6 is 0 Å². The molecule has 1 aromatic rings. The van der Waals surface area contributed by atoms with E-state index in [2.05, 4.69) is 27.1 Å². The summed E-state index contributed by atoms with van der Waals surface area (Å²) in [5.41, 5.74) is 4.92. The molecule has 1 saturated heterocycles. The first-order valence-corrected chi connectivity index (χ1v) is 7.79. The Labute approximate surface area is 130 Å². The number of nitrogens with two attached hydrogens (primary N) is 1. The predicted molar refractivity (Wildman–Crippen MR) is 85.4 cm³/mol. The first kappa shape index (κ1) is 16.5. The number of aromatic amines is 1. The largest absolute Gasteiger partial charge is 0.383 e. The van der Waals surface area contributed by atoms with Crippen LogP contribution in [0.1, 0.15) is 32.5 Å². The van der Waals surface area contributed by atoms with Crippen LogP contribution < -0.4 is 16.6 Å². The van der Waals surface area contributed by atoms with Gasteiger partial charge in [0.2, 0.25) is 5.91 Å². The molecule has 2 rings (SSSR count). The van der Waals surface area contributed by atoms with Crippen LogP contribution in [0.2, 0.25) is 0 Å². The van der Waals surface area contributed by atoms with Crippen molar-refractivity contribution in [2.24, 2.45) is 5.41 Å². The van der Waals surface area contributed by atoms with E-state index in [1.54, 1.807) is 0 Å². The lowest BCUT2D eigenvalue weighted by Gasteiger charge is -2.38. The Bertz CT molecular complexity index is 586. The lowest BCUT2D eigenvalue weighted by Crippen LogP contribution is -2.50. The summed E-state index contributed by atoms with van der Waals surface area (Å²) in [6.07, 6.45) is 2.41. The number of nitrogens with one attached hydrogen (secondary N) is 2. The summed E-state index contributed by atoms with van der Waals surface area (Å²) >= 11 is 0. The van der Waals surface area contributed by atoms with Crippen LogP contribution in [0.5, 0.6) is 0 Å². The summed E-state index contributed by atoms with van der Waals surface area (Å²) in [5, 5.41) is 2.96. The van der Waals surface area contributed by atoms with Crippen molar-refractivity contribution in [3.8, 4) is 0 Å². The smallest absolute Gasteiger partial charge is 0.252 e. The molecule has 1 unspecified atom stereocenters. The molecule has 0 saturated carbocycles. The molecule has 1 fully saturated rings. The van der Waals surface area contributed by atoms with Gasteiger partial charge in [-0.05, 0) is 32.9 Å². The predicted octanol–water partition coefficient (Wildman–Crippen LogP) is 0.133. The third kappa shape index (κ3) is 4.07. The number of carbonyl (C=O) groups is 1. The molecule has 2 heterocycles. The standard InChI is InChI=1S/C15H25N5O2/c1-3-20-8-4-6-15(2,10-20)14(22)17-7-5-12-18-11(16)9-13(21)19-12/h9H,3-8,10H2,1-2H3,(H,17,22)(H3,16,18,19,21). The summed E-state index contributed by atoms with van der Waals surface area (Å²) in [5.74, 6) is 0.758. The molecule has 0 spiro atoms. The summed E-state index contributed by atoms with van der Waals surface area (Å²) in [7, 11) is 0. The van der Waals surface area contributed by atoms with E-state index >= 15 is 0 Å². The van der Waals surface area contributed by atoms with E-state index in [1.165, 1.54) is 6.07 Å². The van der Waals surface area contributed by atoms with Gasteiger partial charge in [0.25, 0.3) is 5.56 Å². The first-order valence-electron chi connectivity index (χ1n) is 7.79. The van der Waals surface area contributed by atoms with E-state index in [1.807, 2.05) is 6.92 Å². The third-order valence-electron chi connectivity index (χ3n) is 4.23. The Morgan fingerprint density at radius 1 is 1.59 bits per heavy atom. The second-order valence-electron chi connectivity index (χ2n) is 6.16. The van der Waals surface area contributed by atoms with Gasteiger partial charge in [0.05, 0.1) is 5.41 Å². The van der Waals surface area contributed by atoms with Crippen LogP contribution in [0.3, 0.4) is 0 Å². The number of nitrogens with zero attached hydrogens (tertiary/aromatic N) is 2. The molecule has 1 aliphatic rings. The van der Waals surface area contributed by atoms with Gasteiger partial charge in [0, 0.05) is 25.6 Å². The van der Waals surface area contributed by atoms with E-state index in [4.69, 9.17) is 5.73 Å². The fraction of sp³-hybridized carbons (Fsp3) is 0.667. The van der Waals surface area contributed by atoms with Crippen molar-refractivity contribution in [3.05, 3.63) is 22.2 Å². The maximum absolute atomic E-state index is 12.5. The SMILES string of the molecule is CCN1CCCC(C)(C(=O)NCCc2nc(N)cc(=O)[nH]2)C1. The van der Waals surface area contributed by atoms with Crippen molar-refractivity contribution < 1.29 is 4.79 Å². The van der Waals surface area contributed by atoms with Gasteiger partial charge in [-0.15, -0.1) is 0 Å². The molecule has 0 radical (unpaired) electrons. The number of piperidine rings is 1. The number of likely N-dealkylation sites (tertiary alicyclic amines) is 1. The zero-order chi connectivity index (χ0) is 16.2. The Morgan fingerprint density at radius 2 is 2.36 bits per heavy atom. The van der Waals surface area contributed by atoms with Crippen molar-refractivity contribution in [1.29, 1.82) is 0 Å². The Kier molecular flexibility index (Phi) is 5.18. The molecular weight excluding hydrogens is 282 g/mol. The third-order valence-corrected chi connectivity index (χ3v) is 4.23. The molecule has 4 N–H and O–H groups in total. The molecule has 0 aliphatic carbocycles. The summed E-state index contributed by atoms with van der Waals surface area (Å²) in [6, 6.07) is 1.24. The fourth-order valence-electron chi connectivity index (χ4n) is 2.95. The van der Waals surface area contributed by atoms with E-state index in [0.29, 0.717) is 18.8 Å². The van der Waals surface area contributed by atoms with Gasteiger partial charge in [0.1, 0.15) is 11.6 Å². The molecule has 22 heavy (non-hydrogen) atoms. The molecule has 1 aliphatic heterocycles. The molecular formula is C15H25N5O2. The van der Waals surface area contributed by atoms with Gasteiger partial charge in [-0.3, -0.25) is 9.59 Å². The fourth-order valence-corrected chi connectivity index (χ4v) is 2.95. The molecule has 7 heteroatoms. The molecule has 0 bridgehead atoms. The lowest BCUT2D eigenvalue weighted by molar-refractivity contribution is -0.133. The van der Waals surface area contributed by atoms with Crippen LogP contribution in [0.4, 0.5) is 5.82 Å². The number of carbonyl (C=O) groups excluding carboxylic acids is 1. The minimum Gasteiger partial charge on any atom is -0.383 e. The highest BCUT2D eigenvalue weighted by atomic mass is 16.2. The van der Waals surface area contributed by atoms with Gasteiger partial charge >= 0.3 is 0 Å². The van der Waals surface area contributed by atoms with Gasteiger partial charge in [-0.25, -0.2) is 4.98 Å². The van der Waals surface area contributed by atoms with Crippen LogP contribution in [0, 0.1) is 5.41 Å². The molecule has 1 aromatic heterocycles. The van der Waals surface area contributed by atoms with E-state index < -0.39 is 0 Å². The number of aromatic nitrogens is 2. The van der Waals surface area contributed by atoms with Crippen molar-refractivity contribution >= 4 is 11.7 Å². The van der Waals surface area contributed by atoms with Crippen LogP contribution in [0.25, 0.3) is 0 Å². The molecule has 0 aromatic carbocycles. The van der Waals surface area contributed by atoms with Gasteiger partial charge < -0.3 is 20.9 Å². The maximum Gasteiger partial charge on any atom is 0.252 e. The zero-order valence-electron chi connectivity index (χ0n) is 13.3.